The van der Waals surface area contributed by atoms with Crippen molar-refractivity contribution in [1.82, 2.24) is 4.98 Å². The zero-order valence-corrected chi connectivity index (χ0v) is 9.32. The molecule has 0 aliphatic heterocycles. The van der Waals surface area contributed by atoms with Crippen LogP contribution in [0, 0.1) is 0 Å². The van der Waals surface area contributed by atoms with Crippen molar-refractivity contribution < 1.29 is 4.42 Å². The van der Waals surface area contributed by atoms with Crippen LogP contribution in [0.25, 0.3) is 33.0 Å². The summed E-state index contributed by atoms with van der Waals surface area (Å²) in [6.45, 7) is 0. The van der Waals surface area contributed by atoms with Crippen LogP contribution in [0.5, 0.6) is 0 Å². The second kappa shape index (κ2) is 4.24. The van der Waals surface area contributed by atoms with Gasteiger partial charge in [0, 0.05) is 10.5 Å². The first-order valence-corrected chi connectivity index (χ1v) is 5.38. The normalized spacial score (nSPS) is 10.2. The van der Waals surface area contributed by atoms with Gasteiger partial charge in [-0.1, -0.05) is 35.4 Å². The molecule has 18 heavy (non-hydrogen) atoms. The second-order valence-electron chi connectivity index (χ2n) is 3.70. The molecule has 2 aromatic carbocycles. The lowest BCUT2D eigenvalue weighted by Crippen LogP contribution is -1.75. The van der Waals surface area contributed by atoms with E-state index in [0.29, 0.717) is 22.7 Å². The van der Waals surface area contributed by atoms with Gasteiger partial charge in [-0.15, -0.1) is 0 Å². The van der Waals surface area contributed by atoms with Crippen molar-refractivity contribution in [3.05, 3.63) is 59.0 Å². The maximum atomic E-state index is 8.50. The minimum Gasteiger partial charge on any atom is -0.436 e. The molecule has 0 fully saturated rings. The second-order valence-corrected chi connectivity index (χ2v) is 3.70. The van der Waals surface area contributed by atoms with Gasteiger partial charge in [0.25, 0.3) is 0 Å². The first-order valence-electron chi connectivity index (χ1n) is 5.38. The number of hydrogen-bond acceptors (Lipinski definition) is 3. The molecular formula is C13H8N4O. The van der Waals surface area contributed by atoms with E-state index in [1.54, 1.807) is 18.2 Å². The molecule has 0 aliphatic rings. The summed E-state index contributed by atoms with van der Waals surface area (Å²) >= 11 is 0. The molecule has 0 saturated heterocycles. The molecule has 0 unspecified atom stereocenters. The number of azide groups is 1. The van der Waals surface area contributed by atoms with E-state index in [9.17, 15) is 0 Å². The van der Waals surface area contributed by atoms with Crippen molar-refractivity contribution in [1.29, 1.82) is 0 Å². The van der Waals surface area contributed by atoms with Crippen LogP contribution in [0.3, 0.4) is 0 Å². The summed E-state index contributed by atoms with van der Waals surface area (Å²) in [7, 11) is 0. The fourth-order valence-corrected chi connectivity index (χ4v) is 1.77. The predicted molar refractivity (Wildman–Crippen MR) is 68.3 cm³/mol. The topological polar surface area (TPSA) is 74.8 Å². The molecule has 0 spiro atoms. The Morgan fingerprint density at radius 1 is 1.06 bits per heavy atom. The highest BCUT2D eigenvalue weighted by Gasteiger charge is 2.09. The molecule has 0 radical (unpaired) electrons. The van der Waals surface area contributed by atoms with E-state index in [2.05, 4.69) is 15.0 Å². The summed E-state index contributed by atoms with van der Waals surface area (Å²) in [4.78, 5) is 7.15. The molecule has 0 atom stereocenters. The van der Waals surface area contributed by atoms with E-state index >= 15 is 0 Å². The molecule has 0 aliphatic carbocycles. The van der Waals surface area contributed by atoms with Gasteiger partial charge in [0.15, 0.2) is 5.58 Å². The SMILES string of the molecule is [N-]=[N+]=Nc1cccc2oc(-c3ccccc3)nc12. The van der Waals surface area contributed by atoms with E-state index in [1.807, 2.05) is 30.3 Å². The van der Waals surface area contributed by atoms with Gasteiger partial charge in [-0.3, -0.25) is 0 Å². The number of fused-ring (bicyclic) bond motifs is 1. The lowest BCUT2D eigenvalue weighted by Gasteiger charge is -1.91. The smallest absolute Gasteiger partial charge is 0.227 e. The fraction of sp³-hybridized carbons (Fsp3) is 0. The Morgan fingerprint density at radius 2 is 1.89 bits per heavy atom. The number of rotatable bonds is 2. The molecule has 0 bridgehead atoms. The predicted octanol–water partition coefficient (Wildman–Crippen LogP) is 4.44. The number of para-hydroxylation sites is 1. The molecule has 1 heterocycles. The summed E-state index contributed by atoms with van der Waals surface area (Å²) in [5.41, 5.74) is 11.1. The Hall–Kier alpha value is -2.78. The third kappa shape index (κ3) is 1.69. The minimum atomic E-state index is 0.473. The van der Waals surface area contributed by atoms with Gasteiger partial charge in [-0.05, 0) is 23.7 Å². The third-order valence-electron chi connectivity index (χ3n) is 2.57. The van der Waals surface area contributed by atoms with Crippen molar-refractivity contribution in [2.75, 3.05) is 0 Å². The quantitative estimate of drug-likeness (QED) is 0.374. The highest BCUT2D eigenvalue weighted by atomic mass is 16.3. The molecule has 3 rings (SSSR count). The molecule has 1 aromatic heterocycles. The Morgan fingerprint density at radius 3 is 2.67 bits per heavy atom. The maximum Gasteiger partial charge on any atom is 0.227 e. The molecular weight excluding hydrogens is 228 g/mol. The number of benzene rings is 2. The van der Waals surface area contributed by atoms with Gasteiger partial charge in [-0.25, -0.2) is 4.98 Å². The fourth-order valence-electron chi connectivity index (χ4n) is 1.77. The highest BCUT2D eigenvalue weighted by molar-refractivity contribution is 5.86. The molecule has 0 amide bonds. The number of oxazole rings is 1. The van der Waals surface area contributed by atoms with Gasteiger partial charge in [0.2, 0.25) is 5.89 Å². The van der Waals surface area contributed by atoms with Crippen molar-refractivity contribution >= 4 is 16.8 Å². The van der Waals surface area contributed by atoms with Crippen molar-refractivity contribution in [3.63, 3.8) is 0 Å². The highest BCUT2D eigenvalue weighted by Crippen LogP contribution is 2.30. The average Bonchev–Trinajstić information content (AvgIpc) is 2.85. The van der Waals surface area contributed by atoms with Crippen molar-refractivity contribution in [2.45, 2.75) is 0 Å². The lowest BCUT2D eigenvalue weighted by atomic mass is 10.2. The Labute approximate surface area is 102 Å². The van der Waals surface area contributed by atoms with Crippen LogP contribution < -0.4 is 0 Å². The molecule has 0 N–H and O–H groups in total. The minimum absolute atomic E-state index is 0.473. The number of hydrogen-bond donors (Lipinski definition) is 0. The Balaban J connectivity index is 2.23. The summed E-state index contributed by atoms with van der Waals surface area (Å²) < 4.78 is 5.65. The molecule has 3 aromatic rings. The largest absolute Gasteiger partial charge is 0.436 e. The van der Waals surface area contributed by atoms with Crippen LogP contribution in [-0.4, -0.2) is 4.98 Å². The zero-order chi connectivity index (χ0) is 12.4. The Kier molecular flexibility index (Phi) is 2.44. The first-order chi connectivity index (χ1) is 8.88. The van der Waals surface area contributed by atoms with E-state index in [4.69, 9.17) is 9.95 Å². The van der Waals surface area contributed by atoms with Crippen LogP contribution >= 0.6 is 0 Å². The molecule has 86 valence electrons. The molecule has 5 heteroatoms. The number of nitrogens with zero attached hydrogens (tertiary/aromatic N) is 4. The van der Waals surface area contributed by atoms with Gasteiger partial charge in [-0.2, -0.15) is 0 Å². The van der Waals surface area contributed by atoms with Gasteiger partial charge in [0.1, 0.15) is 5.52 Å². The summed E-state index contributed by atoms with van der Waals surface area (Å²) in [5.74, 6) is 0.520. The third-order valence-corrected chi connectivity index (χ3v) is 2.57. The van der Waals surface area contributed by atoms with Crippen LogP contribution in [0.15, 0.2) is 58.1 Å². The standard InChI is InChI=1S/C13H8N4O/c14-17-16-10-7-4-8-11-12(10)15-13(18-11)9-5-2-1-3-6-9/h1-8H. The maximum absolute atomic E-state index is 8.50. The van der Waals surface area contributed by atoms with Crippen molar-refractivity contribution in [3.8, 4) is 11.5 Å². The van der Waals surface area contributed by atoms with Crippen LogP contribution in [-0.2, 0) is 0 Å². The zero-order valence-electron chi connectivity index (χ0n) is 9.32. The van der Waals surface area contributed by atoms with Crippen LogP contribution in [0.2, 0.25) is 0 Å². The van der Waals surface area contributed by atoms with Crippen molar-refractivity contribution in [2.24, 2.45) is 5.11 Å². The average molecular weight is 236 g/mol. The molecule has 0 saturated carbocycles. The van der Waals surface area contributed by atoms with Gasteiger partial charge in [0.05, 0.1) is 5.69 Å². The first kappa shape index (κ1) is 10.4. The van der Waals surface area contributed by atoms with Gasteiger partial charge >= 0.3 is 0 Å². The summed E-state index contributed by atoms with van der Waals surface area (Å²) in [6.07, 6.45) is 0. The van der Waals surface area contributed by atoms with E-state index in [-0.39, 0.29) is 0 Å². The van der Waals surface area contributed by atoms with E-state index in [0.717, 1.165) is 5.56 Å². The van der Waals surface area contributed by atoms with Crippen LogP contribution in [0.1, 0.15) is 0 Å². The number of aromatic nitrogens is 1. The van der Waals surface area contributed by atoms with Gasteiger partial charge < -0.3 is 4.42 Å². The van der Waals surface area contributed by atoms with Crippen LogP contribution in [0.4, 0.5) is 5.69 Å². The summed E-state index contributed by atoms with van der Waals surface area (Å²) in [6, 6.07) is 14.9. The monoisotopic (exact) mass is 236 g/mol. The summed E-state index contributed by atoms with van der Waals surface area (Å²) in [5, 5.41) is 3.60. The van der Waals surface area contributed by atoms with E-state index in [1.165, 1.54) is 0 Å². The Bertz CT molecular complexity index is 742. The molecule has 5 nitrogen and oxygen atoms in total. The van der Waals surface area contributed by atoms with E-state index < -0.39 is 0 Å². The lowest BCUT2D eigenvalue weighted by molar-refractivity contribution is 0.620.